The third-order valence-electron chi connectivity index (χ3n) is 2.90. The second-order valence-corrected chi connectivity index (χ2v) is 3.81. The van der Waals surface area contributed by atoms with Crippen molar-refractivity contribution < 1.29 is 24.5 Å². The zero-order valence-corrected chi connectivity index (χ0v) is 9.00. The Bertz CT molecular complexity index is 316. The number of methoxy groups -OCH3 is 1. The van der Waals surface area contributed by atoms with Gasteiger partial charge in [0.25, 0.3) is 5.91 Å². The lowest BCUT2D eigenvalue weighted by Gasteiger charge is -2.30. The van der Waals surface area contributed by atoms with Gasteiger partial charge in [-0.25, -0.2) is 0 Å². The first-order valence-electron chi connectivity index (χ1n) is 5.13. The number of carbonyl (C=O) groups excluding carboxylic acids is 1. The molecule has 2 aliphatic heterocycles. The number of hydrogen-bond acceptors (Lipinski definition) is 5. The lowest BCUT2D eigenvalue weighted by atomic mass is 10.2. The summed E-state index contributed by atoms with van der Waals surface area (Å²) in [4.78, 5) is 13.1. The van der Waals surface area contributed by atoms with Crippen LogP contribution in [0.2, 0.25) is 0 Å². The van der Waals surface area contributed by atoms with Crippen molar-refractivity contribution in [1.82, 2.24) is 4.90 Å². The van der Waals surface area contributed by atoms with Crippen molar-refractivity contribution in [2.24, 2.45) is 0 Å². The number of ether oxygens (including phenoxy) is 2. The number of aliphatic hydroxyl groups excluding tert-OH is 2. The van der Waals surface area contributed by atoms with Crippen LogP contribution in [0.25, 0.3) is 0 Å². The number of hydrogen-bond donors (Lipinski definition) is 2. The summed E-state index contributed by atoms with van der Waals surface area (Å²) in [5, 5.41) is 18.6. The standard InChI is InChI=1S/C10H15NO5/c1-15-8-4-7(13)9(14)11(8)10-6(5-12)2-3-16-10/h2,7-8,10,12-13H,3-5H2,1H3/t7-,8-,10-/m1/s1. The molecule has 0 radical (unpaired) electrons. The van der Waals surface area contributed by atoms with Gasteiger partial charge in [-0.1, -0.05) is 6.08 Å². The van der Waals surface area contributed by atoms with Gasteiger partial charge < -0.3 is 19.7 Å². The molecule has 0 aromatic heterocycles. The third kappa shape index (κ3) is 1.73. The Hall–Kier alpha value is -0.950. The monoisotopic (exact) mass is 229 g/mol. The fraction of sp³-hybridized carbons (Fsp3) is 0.700. The van der Waals surface area contributed by atoms with Gasteiger partial charge in [-0.05, 0) is 0 Å². The summed E-state index contributed by atoms with van der Waals surface area (Å²) in [6.45, 7) is 0.192. The Morgan fingerprint density at radius 1 is 1.69 bits per heavy atom. The van der Waals surface area contributed by atoms with E-state index in [0.29, 0.717) is 12.2 Å². The van der Waals surface area contributed by atoms with Gasteiger partial charge >= 0.3 is 0 Å². The van der Waals surface area contributed by atoms with Crippen LogP contribution in [0.5, 0.6) is 0 Å². The van der Waals surface area contributed by atoms with Crippen LogP contribution >= 0.6 is 0 Å². The van der Waals surface area contributed by atoms with Gasteiger partial charge in [-0.3, -0.25) is 9.69 Å². The van der Waals surface area contributed by atoms with E-state index >= 15 is 0 Å². The van der Waals surface area contributed by atoms with Gasteiger partial charge in [0.15, 0.2) is 6.23 Å². The summed E-state index contributed by atoms with van der Waals surface area (Å²) in [6.07, 6.45) is -0.197. The molecular weight excluding hydrogens is 214 g/mol. The zero-order valence-electron chi connectivity index (χ0n) is 9.00. The highest BCUT2D eigenvalue weighted by atomic mass is 16.5. The first kappa shape index (κ1) is 11.5. The van der Waals surface area contributed by atoms with Crippen molar-refractivity contribution in [2.75, 3.05) is 20.3 Å². The van der Waals surface area contributed by atoms with Crippen molar-refractivity contribution in [2.45, 2.75) is 25.0 Å². The maximum absolute atomic E-state index is 11.7. The summed E-state index contributed by atoms with van der Waals surface area (Å²) in [6, 6.07) is 0. The third-order valence-corrected chi connectivity index (χ3v) is 2.90. The molecule has 16 heavy (non-hydrogen) atoms. The lowest BCUT2D eigenvalue weighted by molar-refractivity contribution is -0.154. The fourth-order valence-corrected chi connectivity index (χ4v) is 2.05. The molecule has 6 nitrogen and oxygen atoms in total. The summed E-state index contributed by atoms with van der Waals surface area (Å²) >= 11 is 0. The second-order valence-electron chi connectivity index (χ2n) is 3.81. The van der Waals surface area contributed by atoms with Crippen molar-refractivity contribution in [3.63, 3.8) is 0 Å². The minimum atomic E-state index is -1.05. The Morgan fingerprint density at radius 2 is 2.44 bits per heavy atom. The van der Waals surface area contributed by atoms with E-state index in [0.717, 1.165) is 0 Å². The fourth-order valence-electron chi connectivity index (χ4n) is 2.05. The molecule has 0 aromatic carbocycles. The smallest absolute Gasteiger partial charge is 0.255 e. The van der Waals surface area contributed by atoms with E-state index in [1.165, 1.54) is 12.0 Å². The molecule has 0 bridgehead atoms. The molecule has 2 heterocycles. The molecule has 0 aliphatic carbocycles. The van der Waals surface area contributed by atoms with Crippen LogP contribution in [0.4, 0.5) is 0 Å². The van der Waals surface area contributed by atoms with Crippen LogP contribution in [0, 0.1) is 0 Å². The van der Waals surface area contributed by atoms with Gasteiger partial charge in [0.2, 0.25) is 0 Å². The molecule has 1 fully saturated rings. The van der Waals surface area contributed by atoms with Gasteiger partial charge in [-0.2, -0.15) is 0 Å². The molecule has 90 valence electrons. The first-order chi connectivity index (χ1) is 7.69. The minimum Gasteiger partial charge on any atom is -0.392 e. The number of carbonyl (C=O) groups is 1. The summed E-state index contributed by atoms with van der Waals surface area (Å²) < 4.78 is 10.5. The van der Waals surface area contributed by atoms with E-state index in [1.54, 1.807) is 6.08 Å². The van der Waals surface area contributed by atoms with Crippen molar-refractivity contribution in [3.05, 3.63) is 11.6 Å². The van der Waals surface area contributed by atoms with Crippen LogP contribution in [0.15, 0.2) is 11.6 Å². The molecule has 2 rings (SSSR count). The first-order valence-corrected chi connectivity index (χ1v) is 5.13. The molecule has 2 N–H and O–H groups in total. The minimum absolute atomic E-state index is 0.166. The number of likely N-dealkylation sites (tertiary alicyclic amines) is 1. The molecule has 2 aliphatic rings. The molecule has 1 amide bonds. The Labute approximate surface area is 93.1 Å². The highest BCUT2D eigenvalue weighted by Crippen LogP contribution is 2.28. The molecule has 0 saturated carbocycles. The summed E-state index contributed by atoms with van der Waals surface area (Å²) in [5.74, 6) is -0.418. The van der Waals surface area contributed by atoms with E-state index < -0.39 is 24.5 Å². The number of aliphatic hydroxyl groups is 2. The van der Waals surface area contributed by atoms with E-state index in [4.69, 9.17) is 14.6 Å². The van der Waals surface area contributed by atoms with Crippen molar-refractivity contribution >= 4 is 5.91 Å². The Kier molecular flexibility index (Phi) is 3.25. The number of nitrogens with zero attached hydrogens (tertiary/aromatic N) is 1. The van der Waals surface area contributed by atoms with Crippen LogP contribution in [0.3, 0.4) is 0 Å². The molecule has 6 heteroatoms. The van der Waals surface area contributed by atoms with Crippen molar-refractivity contribution in [3.8, 4) is 0 Å². The largest absolute Gasteiger partial charge is 0.392 e. The molecule has 0 spiro atoms. The second kappa shape index (κ2) is 4.50. The maximum Gasteiger partial charge on any atom is 0.255 e. The van der Waals surface area contributed by atoms with E-state index in [-0.39, 0.29) is 13.0 Å². The number of rotatable bonds is 3. The predicted molar refractivity (Wildman–Crippen MR) is 53.2 cm³/mol. The van der Waals surface area contributed by atoms with Gasteiger partial charge in [-0.15, -0.1) is 0 Å². The van der Waals surface area contributed by atoms with E-state index in [1.807, 2.05) is 0 Å². The Morgan fingerprint density at radius 3 is 3.06 bits per heavy atom. The normalized spacial score (nSPS) is 34.7. The molecular formula is C10H15NO5. The lowest BCUT2D eigenvalue weighted by Crippen LogP contribution is -2.45. The molecule has 1 saturated heterocycles. The highest BCUT2D eigenvalue weighted by molar-refractivity contribution is 5.83. The zero-order chi connectivity index (χ0) is 11.7. The van der Waals surface area contributed by atoms with Gasteiger partial charge in [0.05, 0.1) is 13.2 Å². The Balaban J connectivity index is 2.18. The predicted octanol–water partition coefficient (Wildman–Crippen LogP) is -1.17. The van der Waals surface area contributed by atoms with Gasteiger partial charge in [0, 0.05) is 19.1 Å². The molecule has 0 unspecified atom stereocenters. The van der Waals surface area contributed by atoms with Crippen molar-refractivity contribution in [1.29, 1.82) is 0 Å². The van der Waals surface area contributed by atoms with Crippen LogP contribution in [-0.2, 0) is 14.3 Å². The highest BCUT2D eigenvalue weighted by Gasteiger charge is 2.44. The molecule has 0 aromatic rings. The van der Waals surface area contributed by atoms with Crippen LogP contribution in [0.1, 0.15) is 6.42 Å². The van der Waals surface area contributed by atoms with Crippen LogP contribution in [-0.4, -0.2) is 59.9 Å². The number of amides is 1. The summed E-state index contributed by atoms with van der Waals surface area (Å²) in [5.41, 5.74) is 0.629. The quantitative estimate of drug-likeness (QED) is 0.596. The topological polar surface area (TPSA) is 79.2 Å². The SMILES string of the molecule is CO[C@@H]1C[C@@H](O)C(=O)N1[C@@H]1OCC=C1CO. The maximum atomic E-state index is 11.7. The van der Waals surface area contributed by atoms with E-state index in [9.17, 15) is 9.90 Å². The molecule has 3 atom stereocenters. The average molecular weight is 229 g/mol. The average Bonchev–Trinajstić information content (AvgIpc) is 2.84. The van der Waals surface area contributed by atoms with E-state index in [2.05, 4.69) is 0 Å². The van der Waals surface area contributed by atoms with Gasteiger partial charge in [0.1, 0.15) is 12.3 Å². The van der Waals surface area contributed by atoms with Crippen LogP contribution < -0.4 is 0 Å². The summed E-state index contributed by atoms with van der Waals surface area (Å²) in [7, 11) is 1.47.